The highest BCUT2D eigenvalue weighted by Gasteiger charge is 2.34. The highest BCUT2D eigenvalue weighted by atomic mass is 31.2. The van der Waals surface area contributed by atoms with E-state index < -0.39 is 19.8 Å². The van der Waals surface area contributed by atoms with E-state index >= 15 is 0 Å². The van der Waals surface area contributed by atoms with Crippen molar-refractivity contribution < 1.29 is 37.5 Å². The van der Waals surface area contributed by atoms with E-state index in [0.717, 1.165) is 37.7 Å². The minimum absolute atomic E-state index is 0.0798. The van der Waals surface area contributed by atoms with Gasteiger partial charge in [-0.25, -0.2) is 9.24 Å². The maximum Gasteiger partial charge on any atom is 0.406 e. The molecule has 1 unspecified atom stereocenters. The van der Waals surface area contributed by atoms with Gasteiger partial charge in [0.15, 0.2) is 0 Å². The second kappa shape index (κ2) is 17.7. The standard InChI is InChI=1S/C27H47N2O7P/c1-6-8-11-17-26(30)34-23-25(36-27(31)18-12-9-7-2)22-28(21-24-15-13-10-14-16-24)37(32,33)35-20-19-29(3,4)5/h10,13-16,25H,6-9,11-12,17-23H2,1-5H3/p+1/t25-/m0/s1. The third-order valence-electron chi connectivity index (χ3n) is 5.70. The Hall–Kier alpha value is -1.77. The lowest BCUT2D eigenvalue weighted by molar-refractivity contribution is -0.870. The molecule has 0 aliphatic carbocycles. The second-order valence-electron chi connectivity index (χ2n) is 10.4. The molecule has 1 rings (SSSR count). The molecule has 9 nitrogen and oxygen atoms in total. The quantitative estimate of drug-likeness (QED) is 0.107. The van der Waals surface area contributed by atoms with Crippen molar-refractivity contribution in [1.82, 2.24) is 4.67 Å². The van der Waals surface area contributed by atoms with Crippen LogP contribution in [0.25, 0.3) is 0 Å². The van der Waals surface area contributed by atoms with Crippen molar-refractivity contribution in [3.05, 3.63) is 35.9 Å². The molecule has 0 saturated carbocycles. The summed E-state index contributed by atoms with van der Waals surface area (Å²) in [5.41, 5.74) is 0.802. The van der Waals surface area contributed by atoms with E-state index in [4.69, 9.17) is 14.0 Å². The van der Waals surface area contributed by atoms with Crippen molar-refractivity contribution >= 4 is 19.7 Å². The molecule has 0 amide bonds. The predicted molar refractivity (Wildman–Crippen MR) is 145 cm³/mol. The number of carbonyl (C=O) groups excluding carboxylic acids is 2. The molecular formula is C27H48N2O7P+. The van der Waals surface area contributed by atoms with Crippen molar-refractivity contribution in [2.75, 3.05) is 47.4 Å². The molecule has 0 spiro atoms. The highest BCUT2D eigenvalue weighted by molar-refractivity contribution is 7.50. The summed E-state index contributed by atoms with van der Waals surface area (Å²) in [5.74, 6) is -0.791. The van der Waals surface area contributed by atoms with Gasteiger partial charge >= 0.3 is 19.7 Å². The van der Waals surface area contributed by atoms with Crippen molar-refractivity contribution in [2.45, 2.75) is 77.9 Å². The van der Waals surface area contributed by atoms with Gasteiger partial charge in [0, 0.05) is 19.4 Å². The fourth-order valence-corrected chi connectivity index (χ4v) is 4.68. The molecular weight excluding hydrogens is 495 g/mol. The molecule has 10 heteroatoms. The van der Waals surface area contributed by atoms with Gasteiger partial charge in [0.1, 0.15) is 25.9 Å². The highest BCUT2D eigenvalue weighted by Crippen LogP contribution is 2.47. The molecule has 0 aliphatic rings. The molecule has 37 heavy (non-hydrogen) atoms. The smallest absolute Gasteiger partial charge is 0.406 e. The lowest BCUT2D eigenvalue weighted by Crippen LogP contribution is -2.39. The van der Waals surface area contributed by atoms with Crippen LogP contribution in [0, 0.1) is 0 Å². The number of likely N-dealkylation sites (N-methyl/N-ethyl adjacent to an activating group) is 1. The summed E-state index contributed by atoms with van der Waals surface area (Å²) >= 11 is 0. The number of hydrogen-bond acceptors (Lipinski definition) is 6. The number of carbonyl (C=O) groups is 2. The molecule has 0 radical (unpaired) electrons. The molecule has 2 atom stereocenters. The molecule has 1 aromatic carbocycles. The largest absolute Gasteiger partial charge is 0.462 e. The summed E-state index contributed by atoms with van der Waals surface area (Å²) in [6, 6.07) is 9.24. The Balaban J connectivity index is 3.02. The van der Waals surface area contributed by atoms with E-state index in [2.05, 4.69) is 6.92 Å². The maximum atomic E-state index is 13.4. The Morgan fingerprint density at radius 1 is 0.973 bits per heavy atom. The van der Waals surface area contributed by atoms with Gasteiger partial charge in [0.25, 0.3) is 0 Å². The van der Waals surface area contributed by atoms with Gasteiger partial charge in [-0.1, -0.05) is 69.9 Å². The van der Waals surface area contributed by atoms with Crippen LogP contribution in [0.5, 0.6) is 0 Å². The van der Waals surface area contributed by atoms with Crippen LogP contribution in [-0.2, 0) is 34.7 Å². The predicted octanol–water partition coefficient (Wildman–Crippen LogP) is 4.93. The lowest BCUT2D eigenvalue weighted by Gasteiger charge is -2.31. The Morgan fingerprint density at radius 3 is 2.14 bits per heavy atom. The number of ether oxygens (including phenoxy) is 2. The van der Waals surface area contributed by atoms with Crippen LogP contribution in [0.4, 0.5) is 0 Å². The molecule has 0 aromatic heterocycles. The molecule has 0 aliphatic heterocycles. The molecule has 1 aromatic rings. The first-order valence-electron chi connectivity index (χ1n) is 13.4. The van der Waals surface area contributed by atoms with Gasteiger partial charge in [-0.2, -0.15) is 0 Å². The Labute approximate surface area is 223 Å². The minimum Gasteiger partial charge on any atom is -0.462 e. The lowest BCUT2D eigenvalue weighted by atomic mass is 10.2. The SMILES string of the molecule is CCCCCC(=O)OC[C@H](CN(Cc1ccccc1)P(=O)(O)OCC[N+](C)(C)C)OC(=O)CCCCC. The number of benzene rings is 1. The number of quaternary nitrogens is 1. The first-order chi connectivity index (χ1) is 17.5. The normalized spacial score (nSPS) is 14.2. The summed E-state index contributed by atoms with van der Waals surface area (Å²) in [7, 11) is 1.65. The Morgan fingerprint density at radius 2 is 1.57 bits per heavy atom. The van der Waals surface area contributed by atoms with E-state index in [1.54, 1.807) is 0 Å². The molecule has 0 heterocycles. The van der Waals surface area contributed by atoms with Crippen molar-refractivity contribution in [1.29, 1.82) is 0 Å². The van der Waals surface area contributed by atoms with Crippen molar-refractivity contribution in [2.24, 2.45) is 0 Å². The second-order valence-corrected chi connectivity index (χ2v) is 12.2. The Kier molecular flexibility index (Phi) is 15.9. The molecule has 212 valence electrons. The van der Waals surface area contributed by atoms with Crippen LogP contribution >= 0.6 is 7.75 Å². The number of nitrogens with zero attached hydrogens (tertiary/aromatic N) is 2. The fraction of sp³-hybridized carbons (Fsp3) is 0.704. The summed E-state index contributed by atoms with van der Waals surface area (Å²) in [6.45, 7) is 4.52. The average Bonchev–Trinajstić information content (AvgIpc) is 2.82. The number of esters is 2. The van der Waals surface area contributed by atoms with Gasteiger partial charge in [0.05, 0.1) is 27.7 Å². The fourth-order valence-electron chi connectivity index (χ4n) is 3.47. The first-order valence-corrected chi connectivity index (χ1v) is 14.9. The van der Waals surface area contributed by atoms with Crippen LogP contribution in [-0.4, -0.2) is 79.5 Å². The summed E-state index contributed by atoms with van der Waals surface area (Å²) in [4.78, 5) is 35.6. The minimum atomic E-state index is -4.26. The number of hydrogen-bond donors (Lipinski definition) is 1. The van der Waals surface area contributed by atoms with Crippen LogP contribution < -0.4 is 0 Å². The zero-order valence-corrected chi connectivity index (χ0v) is 24.3. The molecule has 0 bridgehead atoms. The van der Waals surface area contributed by atoms with E-state index in [0.29, 0.717) is 17.4 Å². The number of rotatable bonds is 20. The van der Waals surface area contributed by atoms with Crippen molar-refractivity contribution in [3.63, 3.8) is 0 Å². The van der Waals surface area contributed by atoms with E-state index in [-0.39, 0.29) is 45.1 Å². The zero-order chi connectivity index (χ0) is 27.7. The summed E-state index contributed by atoms with van der Waals surface area (Å²) in [6.07, 6.45) is 4.81. The van der Waals surface area contributed by atoms with Crippen LogP contribution in [0.3, 0.4) is 0 Å². The van der Waals surface area contributed by atoms with E-state index in [1.807, 2.05) is 58.4 Å². The van der Waals surface area contributed by atoms with Gasteiger partial charge in [0.2, 0.25) is 0 Å². The van der Waals surface area contributed by atoms with Gasteiger partial charge < -0.3 is 18.9 Å². The topological polar surface area (TPSA) is 102 Å². The van der Waals surface area contributed by atoms with Crippen LogP contribution in [0.1, 0.15) is 70.8 Å². The third kappa shape index (κ3) is 15.9. The monoisotopic (exact) mass is 543 g/mol. The van der Waals surface area contributed by atoms with Crippen LogP contribution in [0.2, 0.25) is 0 Å². The first kappa shape index (κ1) is 33.3. The van der Waals surface area contributed by atoms with Gasteiger partial charge in [-0.3, -0.25) is 14.1 Å². The molecule has 1 N–H and O–H groups in total. The van der Waals surface area contributed by atoms with Crippen LogP contribution in [0.15, 0.2) is 30.3 Å². The van der Waals surface area contributed by atoms with Gasteiger partial charge in [-0.15, -0.1) is 0 Å². The zero-order valence-electron chi connectivity index (χ0n) is 23.4. The molecule has 0 saturated heterocycles. The van der Waals surface area contributed by atoms with Gasteiger partial charge in [-0.05, 0) is 18.4 Å². The summed E-state index contributed by atoms with van der Waals surface area (Å²) in [5, 5.41) is 0. The van der Waals surface area contributed by atoms with E-state index in [1.165, 1.54) is 4.67 Å². The maximum absolute atomic E-state index is 13.4. The average molecular weight is 544 g/mol. The third-order valence-corrected chi connectivity index (χ3v) is 7.24. The summed E-state index contributed by atoms with van der Waals surface area (Å²) < 4.78 is 31.8. The van der Waals surface area contributed by atoms with Crippen molar-refractivity contribution in [3.8, 4) is 0 Å². The number of unbranched alkanes of at least 4 members (excludes halogenated alkanes) is 4. The van der Waals surface area contributed by atoms with E-state index in [9.17, 15) is 19.0 Å². The Bertz CT molecular complexity index is 830. The molecule has 0 fully saturated rings.